The SMILES string of the molecule is CCOC(=O)C(C#N)=C1Sc2ccccc2C1=O. The quantitative estimate of drug-likeness (QED) is 0.463. The summed E-state index contributed by atoms with van der Waals surface area (Å²) >= 11 is 1.14. The van der Waals surface area contributed by atoms with E-state index in [-0.39, 0.29) is 22.9 Å². The van der Waals surface area contributed by atoms with E-state index in [9.17, 15) is 9.59 Å². The first-order valence-corrected chi connectivity index (χ1v) is 6.13. The van der Waals surface area contributed by atoms with Gasteiger partial charge in [-0.15, -0.1) is 0 Å². The van der Waals surface area contributed by atoms with Gasteiger partial charge in [0.05, 0.1) is 11.5 Å². The zero-order chi connectivity index (χ0) is 13.1. The molecule has 0 spiro atoms. The van der Waals surface area contributed by atoms with Crippen molar-refractivity contribution in [1.82, 2.24) is 0 Å². The lowest BCUT2D eigenvalue weighted by Gasteiger charge is -2.01. The Morgan fingerprint density at radius 3 is 2.78 bits per heavy atom. The Morgan fingerprint density at radius 2 is 2.17 bits per heavy atom. The third-order valence-electron chi connectivity index (χ3n) is 2.37. The second-order valence-electron chi connectivity index (χ2n) is 3.46. The molecule has 0 atom stereocenters. The van der Waals surface area contributed by atoms with Crippen LogP contribution >= 0.6 is 11.8 Å². The first-order valence-electron chi connectivity index (χ1n) is 5.32. The molecular formula is C13H9NO3S. The molecule has 0 aliphatic carbocycles. The van der Waals surface area contributed by atoms with Crippen molar-refractivity contribution in [2.45, 2.75) is 11.8 Å². The first kappa shape index (κ1) is 12.4. The molecule has 0 saturated heterocycles. The molecule has 0 N–H and O–H groups in total. The highest BCUT2D eigenvalue weighted by atomic mass is 32.2. The topological polar surface area (TPSA) is 67.2 Å². The zero-order valence-electron chi connectivity index (χ0n) is 9.60. The molecule has 18 heavy (non-hydrogen) atoms. The third-order valence-corrected chi connectivity index (χ3v) is 3.54. The molecule has 1 heterocycles. The fourth-order valence-corrected chi connectivity index (χ4v) is 2.65. The summed E-state index contributed by atoms with van der Waals surface area (Å²) in [5.41, 5.74) is 0.303. The number of esters is 1. The van der Waals surface area contributed by atoms with E-state index in [0.29, 0.717) is 5.56 Å². The summed E-state index contributed by atoms with van der Waals surface area (Å²) in [6, 6.07) is 8.77. The Kier molecular flexibility index (Phi) is 3.49. The first-order chi connectivity index (χ1) is 8.69. The minimum absolute atomic E-state index is 0.150. The Bertz CT molecular complexity index is 598. The number of fused-ring (bicyclic) bond motifs is 1. The number of ether oxygens (including phenoxy) is 1. The van der Waals surface area contributed by atoms with Crippen LogP contribution in [-0.2, 0) is 9.53 Å². The van der Waals surface area contributed by atoms with Crippen molar-refractivity contribution in [3.05, 3.63) is 40.3 Å². The average Bonchev–Trinajstić information content (AvgIpc) is 2.69. The number of Topliss-reactive ketones (excluding diaryl/α,β-unsaturated/α-hetero) is 1. The van der Waals surface area contributed by atoms with Crippen LogP contribution in [0.25, 0.3) is 0 Å². The Hall–Kier alpha value is -2.06. The predicted octanol–water partition coefficient (Wildman–Crippen LogP) is 2.32. The number of allylic oxidation sites excluding steroid dienone is 1. The summed E-state index contributed by atoms with van der Waals surface area (Å²) in [7, 11) is 0. The van der Waals surface area contributed by atoms with Gasteiger partial charge in [0, 0.05) is 10.5 Å². The van der Waals surface area contributed by atoms with Crippen LogP contribution in [0.2, 0.25) is 0 Å². The number of rotatable bonds is 2. The number of hydrogen-bond donors (Lipinski definition) is 0. The molecule has 0 aromatic heterocycles. The van der Waals surface area contributed by atoms with Gasteiger partial charge in [-0.05, 0) is 19.1 Å². The molecule has 0 bridgehead atoms. The molecule has 0 unspecified atom stereocenters. The molecule has 0 saturated carbocycles. The van der Waals surface area contributed by atoms with Crippen LogP contribution in [0.3, 0.4) is 0 Å². The van der Waals surface area contributed by atoms with E-state index in [1.54, 1.807) is 37.3 Å². The molecule has 0 radical (unpaired) electrons. The van der Waals surface area contributed by atoms with Crippen LogP contribution in [0.1, 0.15) is 17.3 Å². The van der Waals surface area contributed by atoms with Gasteiger partial charge in [-0.3, -0.25) is 4.79 Å². The van der Waals surface area contributed by atoms with Gasteiger partial charge in [0.2, 0.25) is 5.78 Å². The van der Waals surface area contributed by atoms with Gasteiger partial charge in [-0.1, -0.05) is 23.9 Å². The van der Waals surface area contributed by atoms with Crippen LogP contribution in [0.5, 0.6) is 0 Å². The predicted molar refractivity (Wildman–Crippen MR) is 65.9 cm³/mol. The Labute approximate surface area is 108 Å². The molecule has 1 aromatic carbocycles. The number of hydrogen-bond acceptors (Lipinski definition) is 5. The number of nitriles is 1. The Morgan fingerprint density at radius 1 is 1.44 bits per heavy atom. The number of ketones is 1. The maximum atomic E-state index is 12.1. The van der Waals surface area contributed by atoms with Gasteiger partial charge in [-0.25, -0.2) is 4.79 Å². The van der Waals surface area contributed by atoms with Crippen molar-refractivity contribution in [3.63, 3.8) is 0 Å². The molecule has 5 heteroatoms. The van der Waals surface area contributed by atoms with Gasteiger partial charge < -0.3 is 4.74 Å². The normalized spacial score (nSPS) is 15.9. The Balaban J connectivity index is 2.45. The fraction of sp³-hybridized carbons (Fsp3) is 0.154. The van der Waals surface area contributed by atoms with Crippen molar-refractivity contribution >= 4 is 23.5 Å². The summed E-state index contributed by atoms with van der Waals surface area (Å²) in [6.45, 7) is 1.82. The van der Waals surface area contributed by atoms with Crippen molar-refractivity contribution < 1.29 is 14.3 Å². The maximum Gasteiger partial charge on any atom is 0.350 e. The zero-order valence-corrected chi connectivity index (χ0v) is 10.4. The summed E-state index contributed by atoms with van der Waals surface area (Å²) < 4.78 is 4.77. The van der Waals surface area contributed by atoms with Gasteiger partial charge in [0.25, 0.3) is 0 Å². The lowest BCUT2D eigenvalue weighted by molar-refractivity contribution is -0.138. The number of thioether (sulfide) groups is 1. The van der Waals surface area contributed by atoms with E-state index >= 15 is 0 Å². The number of nitrogens with zero attached hydrogens (tertiary/aromatic N) is 1. The largest absolute Gasteiger partial charge is 0.462 e. The van der Waals surface area contributed by atoms with E-state index in [2.05, 4.69) is 0 Å². The summed E-state index contributed by atoms with van der Waals surface area (Å²) in [5, 5.41) is 9.01. The monoisotopic (exact) mass is 259 g/mol. The fourth-order valence-electron chi connectivity index (χ4n) is 1.58. The molecule has 1 aromatic rings. The highest BCUT2D eigenvalue weighted by molar-refractivity contribution is 8.04. The minimum Gasteiger partial charge on any atom is -0.462 e. The molecule has 0 fully saturated rings. The molecule has 2 rings (SSSR count). The van der Waals surface area contributed by atoms with Crippen LogP contribution in [0.15, 0.2) is 39.6 Å². The summed E-state index contributed by atoms with van der Waals surface area (Å²) in [4.78, 5) is 24.6. The highest BCUT2D eigenvalue weighted by Crippen LogP contribution is 2.41. The molecule has 1 aliphatic rings. The van der Waals surface area contributed by atoms with Crippen LogP contribution in [-0.4, -0.2) is 18.4 Å². The van der Waals surface area contributed by atoms with E-state index in [4.69, 9.17) is 10.00 Å². The minimum atomic E-state index is -0.747. The van der Waals surface area contributed by atoms with Gasteiger partial charge >= 0.3 is 5.97 Å². The van der Waals surface area contributed by atoms with Crippen LogP contribution < -0.4 is 0 Å². The summed E-state index contributed by atoms with van der Waals surface area (Å²) in [5.74, 6) is -1.04. The second-order valence-corrected chi connectivity index (χ2v) is 4.52. The average molecular weight is 259 g/mol. The molecule has 0 amide bonds. The smallest absolute Gasteiger partial charge is 0.350 e. The molecule has 1 aliphatic heterocycles. The van der Waals surface area contributed by atoms with Crippen molar-refractivity contribution in [1.29, 1.82) is 5.26 Å². The van der Waals surface area contributed by atoms with E-state index in [1.807, 2.05) is 0 Å². The van der Waals surface area contributed by atoms with E-state index in [0.717, 1.165) is 16.7 Å². The lowest BCUT2D eigenvalue weighted by Crippen LogP contribution is -2.10. The van der Waals surface area contributed by atoms with Crippen LogP contribution in [0.4, 0.5) is 0 Å². The van der Waals surface area contributed by atoms with Gasteiger partial charge in [0.15, 0.2) is 5.57 Å². The number of carbonyl (C=O) groups is 2. The standard InChI is InChI=1S/C13H9NO3S/c1-2-17-13(16)9(7-14)12-11(15)8-5-3-4-6-10(8)18-12/h3-6H,2H2,1H3. The van der Waals surface area contributed by atoms with Gasteiger partial charge in [-0.2, -0.15) is 5.26 Å². The second kappa shape index (κ2) is 5.07. The van der Waals surface area contributed by atoms with Crippen LogP contribution in [0, 0.1) is 11.3 Å². The van der Waals surface area contributed by atoms with E-state index < -0.39 is 5.97 Å². The maximum absolute atomic E-state index is 12.1. The van der Waals surface area contributed by atoms with Crippen molar-refractivity contribution in [3.8, 4) is 6.07 Å². The number of benzene rings is 1. The third kappa shape index (κ3) is 2.03. The number of carbonyl (C=O) groups excluding carboxylic acids is 2. The van der Waals surface area contributed by atoms with E-state index in [1.165, 1.54) is 0 Å². The molecular weight excluding hydrogens is 250 g/mol. The summed E-state index contributed by atoms with van der Waals surface area (Å²) in [6.07, 6.45) is 0. The molecule has 90 valence electrons. The highest BCUT2D eigenvalue weighted by Gasteiger charge is 2.31. The van der Waals surface area contributed by atoms with Gasteiger partial charge in [0.1, 0.15) is 6.07 Å². The van der Waals surface area contributed by atoms with Crippen molar-refractivity contribution in [2.75, 3.05) is 6.61 Å². The molecule has 4 nitrogen and oxygen atoms in total. The van der Waals surface area contributed by atoms with Crippen molar-refractivity contribution in [2.24, 2.45) is 0 Å². The lowest BCUT2D eigenvalue weighted by atomic mass is 10.1.